The van der Waals surface area contributed by atoms with Crippen LogP contribution >= 0.6 is 22.9 Å². The third kappa shape index (κ3) is 2.60. The van der Waals surface area contributed by atoms with E-state index in [0.29, 0.717) is 21.6 Å². The summed E-state index contributed by atoms with van der Waals surface area (Å²) in [6.45, 7) is 3.99. The van der Waals surface area contributed by atoms with E-state index in [1.54, 1.807) is 29.5 Å². The summed E-state index contributed by atoms with van der Waals surface area (Å²) in [5, 5.41) is 10.6. The van der Waals surface area contributed by atoms with Crippen molar-refractivity contribution in [1.29, 1.82) is 0 Å². The Morgan fingerprint density at radius 3 is 2.73 bits per heavy atom. The first kappa shape index (κ1) is 15.0. The van der Waals surface area contributed by atoms with E-state index in [1.165, 1.54) is 4.88 Å². The number of carboxylic acids is 1. The van der Waals surface area contributed by atoms with Gasteiger partial charge in [-0.1, -0.05) is 18.5 Å². The van der Waals surface area contributed by atoms with Crippen molar-refractivity contribution < 1.29 is 9.90 Å². The van der Waals surface area contributed by atoms with Gasteiger partial charge in [-0.25, -0.2) is 9.78 Å². The number of hydrogen-bond donors (Lipinski definition) is 1. The van der Waals surface area contributed by atoms with Gasteiger partial charge in [0.05, 0.1) is 21.7 Å². The molecule has 22 heavy (non-hydrogen) atoms. The van der Waals surface area contributed by atoms with Gasteiger partial charge in [-0.3, -0.25) is 0 Å². The van der Waals surface area contributed by atoms with Crippen LogP contribution in [0.5, 0.6) is 0 Å². The average molecular weight is 332 g/mol. The van der Waals surface area contributed by atoms with Crippen molar-refractivity contribution in [3.8, 4) is 10.6 Å². The van der Waals surface area contributed by atoms with Crippen LogP contribution in [-0.4, -0.2) is 16.1 Å². The first-order valence-corrected chi connectivity index (χ1v) is 8.12. The third-order valence-electron chi connectivity index (χ3n) is 3.56. The Bertz CT molecular complexity index is 886. The number of aromatic carboxylic acids is 1. The normalized spacial score (nSPS) is 11.0. The van der Waals surface area contributed by atoms with E-state index < -0.39 is 5.97 Å². The number of fused-ring (bicyclic) bond motifs is 1. The summed E-state index contributed by atoms with van der Waals surface area (Å²) in [5.74, 6) is -0.970. The van der Waals surface area contributed by atoms with Crippen molar-refractivity contribution in [2.45, 2.75) is 20.3 Å². The molecule has 0 saturated heterocycles. The highest BCUT2D eigenvalue weighted by molar-refractivity contribution is 7.15. The van der Waals surface area contributed by atoms with Crippen LogP contribution in [0.2, 0.25) is 5.02 Å². The third-order valence-corrected chi connectivity index (χ3v) is 5.03. The Balaban J connectivity index is 2.31. The fraction of sp³-hybridized carbons (Fsp3) is 0.176. The van der Waals surface area contributed by atoms with E-state index in [0.717, 1.165) is 16.9 Å². The van der Waals surface area contributed by atoms with Gasteiger partial charge in [0.25, 0.3) is 0 Å². The molecular formula is C17H14ClNO2S. The maximum atomic E-state index is 11.6. The van der Waals surface area contributed by atoms with Gasteiger partial charge in [-0.05, 0) is 49.2 Å². The zero-order valence-electron chi connectivity index (χ0n) is 12.2. The second-order valence-electron chi connectivity index (χ2n) is 5.10. The zero-order valence-corrected chi connectivity index (χ0v) is 13.8. The molecule has 0 aliphatic carbocycles. The minimum absolute atomic E-state index is 0.233. The quantitative estimate of drug-likeness (QED) is 0.718. The number of aryl methyl sites for hydroxylation is 2. The van der Waals surface area contributed by atoms with Crippen LogP contribution in [0.4, 0.5) is 0 Å². The SMILES string of the molecule is CCc1ccc(-c2cc(C(=O)O)c3cc(Cl)cc(C)c3n2)s1. The molecule has 0 spiro atoms. The molecule has 0 amide bonds. The molecule has 3 nitrogen and oxygen atoms in total. The van der Waals surface area contributed by atoms with Gasteiger partial charge in [0.15, 0.2) is 0 Å². The summed E-state index contributed by atoms with van der Waals surface area (Å²) in [5.41, 5.74) is 2.49. The van der Waals surface area contributed by atoms with Crippen molar-refractivity contribution in [3.05, 3.63) is 51.4 Å². The molecule has 0 atom stereocenters. The number of aromatic nitrogens is 1. The van der Waals surface area contributed by atoms with Gasteiger partial charge in [0.1, 0.15) is 0 Å². The van der Waals surface area contributed by atoms with Crippen molar-refractivity contribution >= 4 is 39.8 Å². The molecule has 0 aliphatic rings. The summed E-state index contributed by atoms with van der Waals surface area (Å²) in [6, 6.07) is 9.15. The zero-order chi connectivity index (χ0) is 15.9. The second-order valence-corrected chi connectivity index (χ2v) is 6.70. The van der Waals surface area contributed by atoms with Gasteiger partial charge in [-0.15, -0.1) is 11.3 Å². The lowest BCUT2D eigenvalue weighted by molar-refractivity contribution is 0.0699. The minimum atomic E-state index is -0.970. The Morgan fingerprint density at radius 1 is 1.32 bits per heavy atom. The Hall–Kier alpha value is -1.91. The van der Waals surface area contributed by atoms with E-state index in [4.69, 9.17) is 11.6 Å². The molecule has 1 aromatic carbocycles. The largest absolute Gasteiger partial charge is 0.478 e. The fourth-order valence-electron chi connectivity index (χ4n) is 2.47. The molecule has 0 aliphatic heterocycles. The van der Waals surface area contributed by atoms with Crippen LogP contribution in [0.3, 0.4) is 0 Å². The van der Waals surface area contributed by atoms with E-state index in [9.17, 15) is 9.90 Å². The predicted octanol–water partition coefficient (Wildman–Crippen LogP) is 5.19. The highest BCUT2D eigenvalue weighted by Gasteiger charge is 2.16. The molecule has 3 rings (SSSR count). The summed E-state index contributed by atoms with van der Waals surface area (Å²) < 4.78 is 0. The number of rotatable bonds is 3. The highest BCUT2D eigenvalue weighted by Crippen LogP contribution is 2.32. The van der Waals surface area contributed by atoms with E-state index >= 15 is 0 Å². The molecule has 0 bridgehead atoms. The van der Waals surface area contributed by atoms with Crippen molar-refractivity contribution in [2.75, 3.05) is 0 Å². The molecule has 0 unspecified atom stereocenters. The number of hydrogen-bond acceptors (Lipinski definition) is 3. The molecular weight excluding hydrogens is 318 g/mol. The lowest BCUT2D eigenvalue weighted by Crippen LogP contribution is -2.01. The molecule has 0 saturated carbocycles. The number of thiophene rings is 1. The number of benzene rings is 1. The lowest BCUT2D eigenvalue weighted by atomic mass is 10.0. The minimum Gasteiger partial charge on any atom is -0.478 e. The van der Waals surface area contributed by atoms with Crippen molar-refractivity contribution in [1.82, 2.24) is 4.98 Å². The van der Waals surface area contributed by atoms with Crippen molar-refractivity contribution in [2.24, 2.45) is 0 Å². The summed E-state index contributed by atoms with van der Waals surface area (Å²) in [6.07, 6.45) is 0.957. The summed E-state index contributed by atoms with van der Waals surface area (Å²) in [7, 11) is 0. The van der Waals surface area contributed by atoms with Gasteiger partial charge >= 0.3 is 5.97 Å². The highest BCUT2D eigenvalue weighted by atomic mass is 35.5. The number of halogens is 1. The number of pyridine rings is 1. The predicted molar refractivity (Wildman–Crippen MR) is 91.1 cm³/mol. The van der Waals surface area contributed by atoms with Gasteiger partial charge in [0, 0.05) is 15.3 Å². The van der Waals surface area contributed by atoms with Crippen LogP contribution < -0.4 is 0 Å². The van der Waals surface area contributed by atoms with E-state index in [-0.39, 0.29) is 5.56 Å². The van der Waals surface area contributed by atoms with Crippen molar-refractivity contribution in [3.63, 3.8) is 0 Å². The molecule has 0 fully saturated rings. The fourth-order valence-corrected chi connectivity index (χ4v) is 3.65. The Labute approximate surface area is 137 Å². The molecule has 2 heterocycles. The lowest BCUT2D eigenvalue weighted by Gasteiger charge is -2.08. The van der Waals surface area contributed by atoms with Crippen LogP contribution in [0.25, 0.3) is 21.5 Å². The molecule has 2 aromatic heterocycles. The molecule has 112 valence electrons. The number of carbonyl (C=O) groups is 1. The van der Waals surface area contributed by atoms with E-state index in [2.05, 4.69) is 18.0 Å². The van der Waals surface area contributed by atoms with Crippen LogP contribution in [0, 0.1) is 6.92 Å². The molecule has 3 aromatic rings. The molecule has 0 radical (unpaired) electrons. The summed E-state index contributed by atoms with van der Waals surface area (Å²) >= 11 is 7.70. The number of nitrogens with zero attached hydrogens (tertiary/aromatic N) is 1. The van der Waals surface area contributed by atoms with Crippen LogP contribution in [-0.2, 0) is 6.42 Å². The monoisotopic (exact) mass is 331 g/mol. The van der Waals surface area contributed by atoms with Crippen LogP contribution in [0.15, 0.2) is 30.3 Å². The first-order valence-electron chi connectivity index (χ1n) is 6.93. The Morgan fingerprint density at radius 2 is 2.09 bits per heavy atom. The van der Waals surface area contributed by atoms with Gasteiger partial charge < -0.3 is 5.11 Å². The smallest absolute Gasteiger partial charge is 0.336 e. The topological polar surface area (TPSA) is 50.2 Å². The second kappa shape index (κ2) is 5.71. The maximum Gasteiger partial charge on any atom is 0.336 e. The first-order chi connectivity index (χ1) is 10.5. The van der Waals surface area contributed by atoms with Gasteiger partial charge in [0.2, 0.25) is 0 Å². The molecule has 5 heteroatoms. The molecule has 1 N–H and O–H groups in total. The average Bonchev–Trinajstić information content (AvgIpc) is 2.95. The van der Waals surface area contributed by atoms with Crippen LogP contribution in [0.1, 0.15) is 27.7 Å². The van der Waals surface area contributed by atoms with E-state index in [1.807, 2.05) is 13.0 Å². The Kier molecular flexibility index (Phi) is 3.89. The number of carboxylic acid groups (broad SMARTS) is 1. The standard InChI is InChI=1S/C17H14ClNO2S/c1-3-11-4-5-15(22-11)14-8-13(17(20)21)12-7-10(18)6-9(2)16(12)19-14/h4-8H,3H2,1-2H3,(H,20,21). The summed E-state index contributed by atoms with van der Waals surface area (Å²) in [4.78, 5) is 18.5. The maximum absolute atomic E-state index is 11.6. The van der Waals surface area contributed by atoms with Gasteiger partial charge in [-0.2, -0.15) is 0 Å².